The average molecular weight is 323 g/mol. The summed E-state index contributed by atoms with van der Waals surface area (Å²) in [7, 11) is 0. The number of rotatable bonds is 6. The number of hydrogen-bond donors (Lipinski definition) is 0. The first kappa shape index (κ1) is 15.9. The zero-order valence-corrected chi connectivity index (χ0v) is 14.1. The second-order valence-corrected chi connectivity index (χ2v) is 7.36. The SMILES string of the molecule is Cc1ccc(CCC(=O)N(C[C@@H]2CCCO2)[C@H]2CCSC2)o1. The lowest BCUT2D eigenvalue weighted by atomic mass is 10.1. The maximum absolute atomic E-state index is 12.7. The number of amides is 1. The van der Waals surface area contributed by atoms with Crippen molar-refractivity contribution in [2.75, 3.05) is 24.7 Å². The molecular weight excluding hydrogens is 298 g/mol. The lowest BCUT2D eigenvalue weighted by Gasteiger charge is -2.30. The Bertz CT molecular complexity index is 490. The van der Waals surface area contributed by atoms with Crippen LogP contribution in [0.3, 0.4) is 0 Å². The molecule has 0 bridgehead atoms. The summed E-state index contributed by atoms with van der Waals surface area (Å²) in [5.41, 5.74) is 0. The van der Waals surface area contributed by atoms with Crippen molar-refractivity contribution in [1.82, 2.24) is 4.90 Å². The Morgan fingerprint density at radius 1 is 1.41 bits per heavy atom. The zero-order valence-electron chi connectivity index (χ0n) is 13.3. The van der Waals surface area contributed by atoms with Crippen molar-refractivity contribution in [1.29, 1.82) is 0 Å². The predicted molar refractivity (Wildman–Crippen MR) is 88.2 cm³/mol. The van der Waals surface area contributed by atoms with Gasteiger partial charge in [0.05, 0.1) is 6.10 Å². The molecule has 1 aromatic rings. The predicted octanol–water partition coefficient (Wildman–Crippen LogP) is 3.03. The van der Waals surface area contributed by atoms with E-state index in [-0.39, 0.29) is 12.0 Å². The van der Waals surface area contributed by atoms with Crippen LogP contribution in [-0.2, 0) is 16.0 Å². The van der Waals surface area contributed by atoms with Gasteiger partial charge in [0, 0.05) is 37.8 Å². The van der Waals surface area contributed by atoms with Gasteiger partial charge < -0.3 is 14.1 Å². The van der Waals surface area contributed by atoms with E-state index in [0.717, 1.165) is 55.4 Å². The molecule has 1 aromatic heterocycles. The Kier molecular flexibility index (Phi) is 5.47. The molecule has 2 aliphatic rings. The van der Waals surface area contributed by atoms with Crippen LogP contribution in [0.2, 0.25) is 0 Å². The van der Waals surface area contributed by atoms with E-state index in [9.17, 15) is 4.79 Å². The maximum Gasteiger partial charge on any atom is 0.223 e. The van der Waals surface area contributed by atoms with Crippen molar-refractivity contribution in [3.8, 4) is 0 Å². The summed E-state index contributed by atoms with van der Waals surface area (Å²) in [4.78, 5) is 14.8. The van der Waals surface area contributed by atoms with Gasteiger partial charge in [-0.1, -0.05) is 0 Å². The first-order chi connectivity index (χ1) is 10.7. The topological polar surface area (TPSA) is 42.7 Å². The third-order valence-corrected chi connectivity index (χ3v) is 5.62. The number of nitrogens with zero attached hydrogens (tertiary/aromatic N) is 1. The van der Waals surface area contributed by atoms with Crippen LogP contribution >= 0.6 is 11.8 Å². The molecule has 0 aliphatic carbocycles. The highest BCUT2D eigenvalue weighted by molar-refractivity contribution is 7.99. The van der Waals surface area contributed by atoms with Crippen molar-refractivity contribution in [2.24, 2.45) is 0 Å². The van der Waals surface area contributed by atoms with Gasteiger partial charge in [0.2, 0.25) is 5.91 Å². The van der Waals surface area contributed by atoms with Crippen molar-refractivity contribution in [3.63, 3.8) is 0 Å². The molecule has 0 aromatic carbocycles. The largest absolute Gasteiger partial charge is 0.466 e. The number of thioether (sulfide) groups is 1. The molecule has 3 heterocycles. The van der Waals surface area contributed by atoms with Crippen LogP contribution in [0.1, 0.15) is 37.2 Å². The van der Waals surface area contributed by atoms with Gasteiger partial charge in [-0.15, -0.1) is 0 Å². The van der Waals surface area contributed by atoms with Crippen molar-refractivity contribution >= 4 is 17.7 Å². The fourth-order valence-corrected chi connectivity index (χ4v) is 4.45. The van der Waals surface area contributed by atoms with E-state index >= 15 is 0 Å². The van der Waals surface area contributed by atoms with E-state index in [1.54, 1.807) is 0 Å². The molecule has 2 fully saturated rings. The fourth-order valence-electron chi connectivity index (χ4n) is 3.22. The van der Waals surface area contributed by atoms with E-state index in [2.05, 4.69) is 4.90 Å². The molecule has 0 radical (unpaired) electrons. The molecule has 0 saturated carbocycles. The Balaban J connectivity index is 1.58. The average Bonchev–Trinajstić information content (AvgIpc) is 3.24. The molecule has 2 saturated heterocycles. The Hall–Kier alpha value is -0.940. The van der Waals surface area contributed by atoms with Crippen LogP contribution in [-0.4, -0.2) is 47.6 Å². The van der Waals surface area contributed by atoms with Crippen molar-refractivity contribution < 1.29 is 13.9 Å². The van der Waals surface area contributed by atoms with Gasteiger partial charge in [-0.25, -0.2) is 0 Å². The quantitative estimate of drug-likeness (QED) is 0.807. The Labute approximate surface area is 136 Å². The number of hydrogen-bond acceptors (Lipinski definition) is 4. The summed E-state index contributed by atoms with van der Waals surface area (Å²) in [5.74, 6) is 4.29. The number of carbonyl (C=O) groups is 1. The van der Waals surface area contributed by atoms with Crippen LogP contribution in [0.5, 0.6) is 0 Å². The number of furan rings is 1. The van der Waals surface area contributed by atoms with Gasteiger partial charge in [0.25, 0.3) is 0 Å². The van der Waals surface area contributed by atoms with Crippen molar-refractivity contribution in [3.05, 3.63) is 23.7 Å². The fraction of sp³-hybridized carbons (Fsp3) is 0.706. The summed E-state index contributed by atoms with van der Waals surface area (Å²) in [5, 5.41) is 0. The molecular formula is C17H25NO3S. The summed E-state index contributed by atoms with van der Waals surface area (Å²) >= 11 is 1.95. The van der Waals surface area contributed by atoms with E-state index in [4.69, 9.17) is 9.15 Å². The third kappa shape index (κ3) is 4.07. The van der Waals surface area contributed by atoms with E-state index in [0.29, 0.717) is 18.9 Å². The highest BCUT2D eigenvalue weighted by atomic mass is 32.2. The van der Waals surface area contributed by atoms with Crippen LogP contribution in [0.25, 0.3) is 0 Å². The summed E-state index contributed by atoms with van der Waals surface area (Å²) < 4.78 is 11.3. The highest BCUT2D eigenvalue weighted by Crippen LogP contribution is 2.25. The molecule has 5 heteroatoms. The minimum atomic E-state index is 0.236. The Morgan fingerprint density at radius 2 is 2.32 bits per heavy atom. The standard InChI is InChI=1S/C17H25NO3S/c1-13-4-5-15(21-13)6-7-17(19)18(14-8-10-22-12-14)11-16-3-2-9-20-16/h4-5,14,16H,2-3,6-12H2,1H3/t14-,16-/m0/s1. The molecule has 122 valence electrons. The molecule has 1 amide bonds. The van der Waals surface area contributed by atoms with Crippen LogP contribution in [0, 0.1) is 6.92 Å². The van der Waals surface area contributed by atoms with Crippen LogP contribution in [0.15, 0.2) is 16.5 Å². The van der Waals surface area contributed by atoms with Crippen LogP contribution < -0.4 is 0 Å². The molecule has 2 aliphatic heterocycles. The first-order valence-corrected chi connectivity index (χ1v) is 9.42. The van der Waals surface area contributed by atoms with Crippen LogP contribution in [0.4, 0.5) is 0 Å². The van der Waals surface area contributed by atoms with E-state index < -0.39 is 0 Å². The molecule has 4 nitrogen and oxygen atoms in total. The van der Waals surface area contributed by atoms with Crippen molar-refractivity contribution in [2.45, 2.75) is 51.2 Å². The van der Waals surface area contributed by atoms with Gasteiger partial charge in [-0.05, 0) is 44.1 Å². The minimum Gasteiger partial charge on any atom is -0.466 e. The van der Waals surface area contributed by atoms with Gasteiger partial charge in [0.1, 0.15) is 11.5 Å². The molecule has 0 unspecified atom stereocenters. The lowest BCUT2D eigenvalue weighted by Crippen LogP contribution is -2.44. The molecule has 2 atom stereocenters. The van der Waals surface area contributed by atoms with Gasteiger partial charge >= 0.3 is 0 Å². The number of aryl methyl sites for hydroxylation is 2. The Morgan fingerprint density at radius 3 is 2.95 bits per heavy atom. The number of ether oxygens (including phenoxy) is 1. The zero-order chi connectivity index (χ0) is 15.4. The van der Waals surface area contributed by atoms with Gasteiger partial charge in [0.15, 0.2) is 0 Å². The first-order valence-electron chi connectivity index (χ1n) is 8.26. The molecule has 3 rings (SSSR count). The molecule has 0 spiro atoms. The maximum atomic E-state index is 12.7. The van der Waals surface area contributed by atoms with Gasteiger partial charge in [-0.3, -0.25) is 4.79 Å². The second kappa shape index (κ2) is 7.55. The smallest absolute Gasteiger partial charge is 0.223 e. The minimum absolute atomic E-state index is 0.236. The lowest BCUT2D eigenvalue weighted by molar-refractivity contribution is -0.134. The van der Waals surface area contributed by atoms with E-state index in [1.807, 2.05) is 30.8 Å². The monoisotopic (exact) mass is 323 g/mol. The van der Waals surface area contributed by atoms with Gasteiger partial charge in [-0.2, -0.15) is 11.8 Å². The summed E-state index contributed by atoms with van der Waals surface area (Å²) in [6.45, 7) is 3.55. The summed E-state index contributed by atoms with van der Waals surface area (Å²) in [6.07, 6.45) is 4.78. The molecule has 22 heavy (non-hydrogen) atoms. The summed E-state index contributed by atoms with van der Waals surface area (Å²) in [6, 6.07) is 4.32. The number of carbonyl (C=O) groups excluding carboxylic acids is 1. The molecule has 0 N–H and O–H groups in total. The van der Waals surface area contributed by atoms with E-state index in [1.165, 1.54) is 0 Å². The highest BCUT2D eigenvalue weighted by Gasteiger charge is 2.30. The third-order valence-electron chi connectivity index (χ3n) is 4.47. The second-order valence-electron chi connectivity index (χ2n) is 6.21. The normalized spacial score (nSPS) is 24.8.